The predicted molar refractivity (Wildman–Crippen MR) is 64.7 cm³/mol. The molecule has 4 heteroatoms. The number of pyridine rings is 1. The van der Waals surface area contributed by atoms with Crippen LogP contribution in [0.25, 0.3) is 0 Å². The van der Waals surface area contributed by atoms with Crippen LogP contribution in [0.2, 0.25) is 0 Å². The first-order chi connectivity index (χ1) is 7.77. The maximum absolute atomic E-state index is 5.58. The lowest BCUT2D eigenvalue weighted by molar-refractivity contribution is 0.170. The smallest absolute Gasteiger partial charge is 0.0465 e. The Morgan fingerprint density at radius 1 is 1.56 bits per heavy atom. The van der Waals surface area contributed by atoms with E-state index >= 15 is 0 Å². The molecule has 0 amide bonds. The van der Waals surface area contributed by atoms with E-state index in [0.29, 0.717) is 5.92 Å². The minimum atomic E-state index is 0.263. The molecule has 1 heterocycles. The van der Waals surface area contributed by atoms with Crippen molar-refractivity contribution in [3.63, 3.8) is 0 Å². The average molecular weight is 223 g/mol. The van der Waals surface area contributed by atoms with E-state index in [1.165, 1.54) is 5.56 Å². The maximum Gasteiger partial charge on any atom is 0.0465 e. The average Bonchev–Trinajstić information content (AvgIpc) is 2.34. The van der Waals surface area contributed by atoms with Crippen LogP contribution in [-0.4, -0.2) is 24.7 Å². The number of nitrogens with zero attached hydrogens (tertiary/aromatic N) is 1. The van der Waals surface area contributed by atoms with Crippen molar-refractivity contribution in [2.24, 2.45) is 11.8 Å². The molecular weight excluding hydrogens is 202 g/mol. The van der Waals surface area contributed by atoms with Crippen LogP contribution in [0.3, 0.4) is 0 Å². The molecule has 1 aromatic heterocycles. The van der Waals surface area contributed by atoms with E-state index < -0.39 is 0 Å². The Balaban J connectivity index is 2.48. The molecule has 2 unspecified atom stereocenters. The molecular formula is C12H21N3O. The van der Waals surface area contributed by atoms with Gasteiger partial charge < -0.3 is 4.74 Å². The fourth-order valence-electron chi connectivity index (χ4n) is 1.70. The lowest BCUT2D eigenvalue weighted by Gasteiger charge is -2.22. The molecule has 0 aliphatic carbocycles. The topological polar surface area (TPSA) is 60.2 Å². The second kappa shape index (κ2) is 7.33. The highest BCUT2D eigenvalue weighted by Crippen LogP contribution is 2.12. The van der Waals surface area contributed by atoms with Crippen molar-refractivity contribution >= 4 is 0 Å². The van der Waals surface area contributed by atoms with E-state index in [9.17, 15) is 0 Å². The minimum absolute atomic E-state index is 0.263. The molecule has 4 nitrogen and oxygen atoms in total. The van der Waals surface area contributed by atoms with Crippen molar-refractivity contribution in [2.45, 2.75) is 25.8 Å². The summed E-state index contributed by atoms with van der Waals surface area (Å²) in [7, 11) is 1.72. The maximum atomic E-state index is 5.58. The number of nitrogens with two attached hydrogens (primary N) is 1. The van der Waals surface area contributed by atoms with Crippen LogP contribution in [0.1, 0.15) is 18.9 Å². The predicted octanol–water partition coefficient (Wildman–Crippen LogP) is 1.13. The zero-order chi connectivity index (χ0) is 11.8. The third kappa shape index (κ3) is 4.26. The first-order valence-electron chi connectivity index (χ1n) is 5.62. The van der Waals surface area contributed by atoms with Gasteiger partial charge in [0.05, 0.1) is 0 Å². The SMILES string of the molecule is COCCC(C)C(Cc1cccnc1)NN. The second-order valence-corrected chi connectivity index (χ2v) is 4.10. The summed E-state index contributed by atoms with van der Waals surface area (Å²) >= 11 is 0. The van der Waals surface area contributed by atoms with Crippen LogP contribution in [0.5, 0.6) is 0 Å². The van der Waals surface area contributed by atoms with E-state index in [4.69, 9.17) is 10.6 Å². The first kappa shape index (κ1) is 13.1. The molecule has 3 N–H and O–H groups in total. The van der Waals surface area contributed by atoms with Gasteiger partial charge in [-0.2, -0.15) is 0 Å². The second-order valence-electron chi connectivity index (χ2n) is 4.10. The summed E-state index contributed by atoms with van der Waals surface area (Å²) in [5.74, 6) is 6.06. The first-order valence-corrected chi connectivity index (χ1v) is 5.62. The number of hydrazine groups is 1. The third-order valence-electron chi connectivity index (χ3n) is 2.86. The van der Waals surface area contributed by atoms with Crippen molar-refractivity contribution in [1.82, 2.24) is 10.4 Å². The Bertz CT molecular complexity index is 279. The highest BCUT2D eigenvalue weighted by molar-refractivity contribution is 5.10. The molecule has 0 radical (unpaired) electrons. The molecule has 90 valence electrons. The Morgan fingerprint density at radius 3 is 2.94 bits per heavy atom. The van der Waals surface area contributed by atoms with Gasteiger partial charge in [-0.05, 0) is 30.4 Å². The number of aromatic nitrogens is 1. The van der Waals surface area contributed by atoms with Gasteiger partial charge in [0.15, 0.2) is 0 Å². The fraction of sp³-hybridized carbons (Fsp3) is 0.583. The van der Waals surface area contributed by atoms with E-state index in [2.05, 4.69) is 23.4 Å². The lowest BCUT2D eigenvalue weighted by Crippen LogP contribution is -2.41. The highest BCUT2D eigenvalue weighted by Gasteiger charge is 2.15. The Labute approximate surface area is 97.2 Å². The summed E-state index contributed by atoms with van der Waals surface area (Å²) in [6, 6.07) is 4.28. The third-order valence-corrected chi connectivity index (χ3v) is 2.86. The Morgan fingerprint density at radius 2 is 2.38 bits per heavy atom. The Kier molecular flexibility index (Phi) is 6.00. The molecule has 16 heavy (non-hydrogen) atoms. The monoisotopic (exact) mass is 223 g/mol. The van der Waals surface area contributed by atoms with Gasteiger partial charge in [0.2, 0.25) is 0 Å². The molecule has 0 fully saturated rings. The molecule has 0 aromatic carbocycles. The van der Waals surface area contributed by atoms with Crippen molar-refractivity contribution in [3.05, 3.63) is 30.1 Å². The van der Waals surface area contributed by atoms with Gasteiger partial charge in [0.1, 0.15) is 0 Å². The standard InChI is InChI=1S/C12H21N3O/c1-10(5-7-16-2)12(15-13)8-11-4-3-6-14-9-11/h3-4,6,9-10,12,15H,5,7-8,13H2,1-2H3. The zero-order valence-corrected chi connectivity index (χ0v) is 10.0. The lowest BCUT2D eigenvalue weighted by atomic mass is 9.94. The molecule has 1 rings (SSSR count). The largest absolute Gasteiger partial charge is 0.385 e. The van der Waals surface area contributed by atoms with Crippen molar-refractivity contribution in [2.75, 3.05) is 13.7 Å². The summed E-state index contributed by atoms with van der Waals surface area (Å²) in [5.41, 5.74) is 4.08. The molecule has 0 saturated heterocycles. The summed E-state index contributed by atoms with van der Waals surface area (Å²) < 4.78 is 5.08. The van der Waals surface area contributed by atoms with Gasteiger partial charge in [-0.1, -0.05) is 13.0 Å². The highest BCUT2D eigenvalue weighted by atomic mass is 16.5. The van der Waals surface area contributed by atoms with Gasteiger partial charge in [0, 0.05) is 32.2 Å². The van der Waals surface area contributed by atoms with Crippen molar-refractivity contribution in [1.29, 1.82) is 0 Å². The van der Waals surface area contributed by atoms with Crippen molar-refractivity contribution < 1.29 is 4.74 Å². The quantitative estimate of drug-likeness (QED) is 0.537. The molecule has 0 aliphatic rings. The summed E-state index contributed by atoms with van der Waals surface area (Å²) in [4.78, 5) is 4.10. The van der Waals surface area contributed by atoms with Crippen LogP contribution in [0.15, 0.2) is 24.5 Å². The fourth-order valence-corrected chi connectivity index (χ4v) is 1.70. The van der Waals surface area contributed by atoms with Crippen LogP contribution >= 0.6 is 0 Å². The normalized spacial score (nSPS) is 14.7. The van der Waals surface area contributed by atoms with Crippen molar-refractivity contribution in [3.8, 4) is 0 Å². The van der Waals surface area contributed by atoms with Crippen LogP contribution in [0, 0.1) is 5.92 Å². The van der Waals surface area contributed by atoms with Gasteiger partial charge in [-0.15, -0.1) is 0 Å². The van der Waals surface area contributed by atoms with E-state index in [1.54, 1.807) is 13.3 Å². The van der Waals surface area contributed by atoms with Gasteiger partial charge in [-0.3, -0.25) is 16.3 Å². The number of methoxy groups -OCH3 is 1. The number of hydrogen-bond acceptors (Lipinski definition) is 4. The van der Waals surface area contributed by atoms with Gasteiger partial charge >= 0.3 is 0 Å². The molecule has 2 atom stereocenters. The van der Waals surface area contributed by atoms with Gasteiger partial charge in [0.25, 0.3) is 0 Å². The van der Waals surface area contributed by atoms with E-state index in [0.717, 1.165) is 19.4 Å². The molecule has 1 aromatic rings. The molecule has 0 saturated carbocycles. The summed E-state index contributed by atoms with van der Waals surface area (Å²) in [6.07, 6.45) is 5.57. The van der Waals surface area contributed by atoms with Crippen LogP contribution in [-0.2, 0) is 11.2 Å². The summed E-state index contributed by atoms with van der Waals surface area (Å²) in [5, 5.41) is 0. The number of ether oxygens (including phenoxy) is 1. The number of rotatable bonds is 7. The number of hydrogen-bond donors (Lipinski definition) is 2. The zero-order valence-electron chi connectivity index (χ0n) is 10.0. The van der Waals surface area contributed by atoms with E-state index in [1.807, 2.05) is 12.3 Å². The van der Waals surface area contributed by atoms with E-state index in [-0.39, 0.29) is 6.04 Å². The van der Waals surface area contributed by atoms with Crippen LogP contribution in [0.4, 0.5) is 0 Å². The van der Waals surface area contributed by atoms with Gasteiger partial charge in [-0.25, -0.2) is 0 Å². The molecule has 0 bridgehead atoms. The molecule has 0 spiro atoms. The minimum Gasteiger partial charge on any atom is -0.385 e. The molecule has 0 aliphatic heterocycles. The summed E-state index contributed by atoms with van der Waals surface area (Å²) in [6.45, 7) is 2.95. The number of nitrogens with one attached hydrogen (secondary N) is 1. The Hall–Kier alpha value is -0.970. The van der Waals surface area contributed by atoms with Crippen LogP contribution < -0.4 is 11.3 Å².